The highest BCUT2D eigenvalue weighted by Gasteiger charge is 2.21. The second-order valence-corrected chi connectivity index (χ2v) is 5.21. The third kappa shape index (κ3) is 2.36. The van der Waals surface area contributed by atoms with Crippen molar-refractivity contribution in [3.63, 3.8) is 0 Å². The fraction of sp³-hybridized carbons (Fsp3) is 0.462. The Morgan fingerprint density at radius 3 is 3.05 bits per heavy atom. The zero-order chi connectivity index (χ0) is 14.1. The molecule has 0 aromatic carbocycles. The van der Waals surface area contributed by atoms with E-state index in [1.165, 1.54) is 6.20 Å². The maximum atomic E-state index is 10.9. The van der Waals surface area contributed by atoms with Crippen LogP contribution in [0.5, 0.6) is 0 Å². The number of aromatic nitrogens is 3. The molecule has 3 rings (SSSR count). The van der Waals surface area contributed by atoms with Crippen LogP contribution >= 0.6 is 11.6 Å². The van der Waals surface area contributed by atoms with Crippen molar-refractivity contribution in [1.82, 2.24) is 14.8 Å². The van der Waals surface area contributed by atoms with Gasteiger partial charge in [-0.05, 0) is 24.8 Å². The van der Waals surface area contributed by atoms with Crippen molar-refractivity contribution in [2.45, 2.75) is 31.9 Å². The van der Waals surface area contributed by atoms with Crippen molar-refractivity contribution in [1.29, 1.82) is 0 Å². The van der Waals surface area contributed by atoms with Gasteiger partial charge in [-0.1, -0.05) is 11.6 Å². The van der Waals surface area contributed by atoms with Crippen LogP contribution in [0, 0.1) is 0 Å². The van der Waals surface area contributed by atoms with E-state index in [9.17, 15) is 4.79 Å². The molecule has 2 aromatic heterocycles. The average Bonchev–Trinajstić information content (AvgIpc) is 2.87. The SMILES string of the molecule is O=C(O)Cc1c(Cl)cnc2c1cnn2C1CCCCO1. The van der Waals surface area contributed by atoms with Crippen LogP contribution in [0.3, 0.4) is 0 Å². The molecule has 1 N–H and O–H groups in total. The summed E-state index contributed by atoms with van der Waals surface area (Å²) >= 11 is 6.05. The number of ether oxygens (including phenoxy) is 1. The molecule has 0 bridgehead atoms. The summed E-state index contributed by atoms with van der Waals surface area (Å²) in [5.41, 5.74) is 1.17. The molecule has 2 aromatic rings. The maximum Gasteiger partial charge on any atom is 0.307 e. The molecule has 1 atom stereocenters. The zero-order valence-electron chi connectivity index (χ0n) is 10.8. The first-order chi connectivity index (χ1) is 9.66. The second kappa shape index (κ2) is 5.38. The number of rotatable bonds is 3. The first-order valence-electron chi connectivity index (χ1n) is 6.51. The number of carbonyl (C=O) groups is 1. The predicted molar refractivity (Wildman–Crippen MR) is 72.7 cm³/mol. The molecule has 20 heavy (non-hydrogen) atoms. The van der Waals surface area contributed by atoms with Crippen molar-refractivity contribution in [2.75, 3.05) is 6.61 Å². The van der Waals surface area contributed by atoms with Gasteiger partial charge in [0, 0.05) is 18.2 Å². The summed E-state index contributed by atoms with van der Waals surface area (Å²) in [6.07, 6.45) is 5.84. The number of carboxylic acids is 1. The number of pyridine rings is 1. The highest BCUT2D eigenvalue weighted by molar-refractivity contribution is 6.32. The topological polar surface area (TPSA) is 77.2 Å². The first kappa shape index (κ1) is 13.3. The smallest absolute Gasteiger partial charge is 0.307 e. The monoisotopic (exact) mass is 295 g/mol. The van der Waals surface area contributed by atoms with Crippen LogP contribution in [0.2, 0.25) is 5.02 Å². The highest BCUT2D eigenvalue weighted by Crippen LogP contribution is 2.29. The van der Waals surface area contributed by atoms with Crippen molar-refractivity contribution in [3.05, 3.63) is 23.0 Å². The Bertz CT molecular complexity index is 650. The minimum absolute atomic E-state index is 0.132. The third-order valence-electron chi connectivity index (χ3n) is 3.44. The van der Waals surface area contributed by atoms with Crippen LogP contribution in [0.1, 0.15) is 31.1 Å². The van der Waals surface area contributed by atoms with Crippen LogP contribution in [0.4, 0.5) is 0 Å². The van der Waals surface area contributed by atoms with Crippen molar-refractivity contribution in [3.8, 4) is 0 Å². The fourth-order valence-electron chi connectivity index (χ4n) is 2.48. The van der Waals surface area contributed by atoms with Crippen molar-refractivity contribution >= 4 is 28.6 Å². The van der Waals surface area contributed by atoms with Crippen molar-refractivity contribution < 1.29 is 14.6 Å². The summed E-state index contributed by atoms with van der Waals surface area (Å²) in [5.74, 6) is -0.930. The number of hydrogen-bond donors (Lipinski definition) is 1. The largest absolute Gasteiger partial charge is 0.481 e. The van der Waals surface area contributed by atoms with Gasteiger partial charge in [-0.25, -0.2) is 9.67 Å². The van der Waals surface area contributed by atoms with Gasteiger partial charge in [-0.15, -0.1) is 0 Å². The van der Waals surface area contributed by atoms with E-state index in [1.807, 2.05) is 0 Å². The Balaban J connectivity index is 2.06. The van der Waals surface area contributed by atoms with Gasteiger partial charge in [0.15, 0.2) is 11.9 Å². The molecule has 1 aliphatic heterocycles. The third-order valence-corrected chi connectivity index (χ3v) is 3.76. The lowest BCUT2D eigenvalue weighted by atomic mass is 10.1. The summed E-state index contributed by atoms with van der Waals surface area (Å²) in [6, 6.07) is 0. The maximum absolute atomic E-state index is 10.9. The number of nitrogens with zero attached hydrogens (tertiary/aromatic N) is 3. The molecule has 1 unspecified atom stereocenters. The van der Waals surface area contributed by atoms with E-state index < -0.39 is 5.97 Å². The Morgan fingerprint density at radius 1 is 1.50 bits per heavy atom. The van der Waals surface area contributed by atoms with E-state index in [0.29, 0.717) is 28.2 Å². The number of aliphatic carboxylic acids is 1. The second-order valence-electron chi connectivity index (χ2n) is 4.80. The molecule has 0 aliphatic carbocycles. The quantitative estimate of drug-likeness (QED) is 0.941. The Labute approximate surface area is 120 Å². The van der Waals surface area contributed by atoms with Gasteiger partial charge in [0.1, 0.15) is 0 Å². The molecule has 1 saturated heterocycles. The molecular weight excluding hydrogens is 282 g/mol. The average molecular weight is 296 g/mol. The van der Waals surface area contributed by atoms with E-state index in [4.69, 9.17) is 21.4 Å². The lowest BCUT2D eigenvalue weighted by Crippen LogP contribution is -2.19. The number of hydrogen-bond acceptors (Lipinski definition) is 4. The fourth-order valence-corrected chi connectivity index (χ4v) is 2.70. The lowest BCUT2D eigenvalue weighted by Gasteiger charge is -2.23. The minimum atomic E-state index is -0.930. The summed E-state index contributed by atoms with van der Waals surface area (Å²) < 4.78 is 7.41. The summed E-state index contributed by atoms with van der Waals surface area (Å²) in [4.78, 5) is 15.2. The van der Waals surface area contributed by atoms with E-state index in [2.05, 4.69) is 10.1 Å². The molecule has 3 heterocycles. The minimum Gasteiger partial charge on any atom is -0.481 e. The molecule has 106 valence electrons. The molecule has 1 aliphatic rings. The molecule has 7 heteroatoms. The first-order valence-corrected chi connectivity index (χ1v) is 6.88. The van der Waals surface area contributed by atoms with Gasteiger partial charge in [-0.3, -0.25) is 4.79 Å². The molecule has 0 saturated carbocycles. The van der Waals surface area contributed by atoms with E-state index >= 15 is 0 Å². The molecule has 0 radical (unpaired) electrons. The van der Waals surface area contributed by atoms with Crippen LogP contribution in [0.15, 0.2) is 12.4 Å². The molecule has 1 fully saturated rings. The Kier molecular flexibility index (Phi) is 3.58. The molecular formula is C13H14ClN3O3. The van der Waals surface area contributed by atoms with Crippen molar-refractivity contribution in [2.24, 2.45) is 0 Å². The molecule has 0 spiro atoms. The van der Waals surface area contributed by atoms with Gasteiger partial charge in [-0.2, -0.15) is 5.10 Å². The molecule has 0 amide bonds. The number of fused-ring (bicyclic) bond motifs is 1. The van der Waals surface area contributed by atoms with Gasteiger partial charge >= 0.3 is 5.97 Å². The van der Waals surface area contributed by atoms with Gasteiger partial charge in [0.2, 0.25) is 0 Å². The summed E-state index contributed by atoms with van der Waals surface area (Å²) in [5, 5.41) is 14.3. The van der Waals surface area contributed by atoms with Crippen LogP contribution in [-0.4, -0.2) is 32.4 Å². The predicted octanol–water partition coefficient (Wildman–Crippen LogP) is 2.41. The summed E-state index contributed by atoms with van der Waals surface area (Å²) in [7, 11) is 0. The zero-order valence-corrected chi connectivity index (χ0v) is 11.5. The standard InChI is InChI=1S/C13H14ClN3O3/c14-10-7-15-13-9(8(10)5-12(18)19)6-16-17(13)11-3-1-2-4-20-11/h6-7,11H,1-5H2,(H,18,19). The van der Waals surface area contributed by atoms with Gasteiger partial charge in [0.05, 0.1) is 17.6 Å². The van der Waals surface area contributed by atoms with Crippen LogP contribution in [0.25, 0.3) is 11.0 Å². The van der Waals surface area contributed by atoms with Crippen LogP contribution < -0.4 is 0 Å². The number of carboxylic acid groups (broad SMARTS) is 1. The Hall–Kier alpha value is -1.66. The van der Waals surface area contributed by atoms with Gasteiger partial charge in [0.25, 0.3) is 0 Å². The summed E-state index contributed by atoms with van der Waals surface area (Å²) in [6.45, 7) is 0.710. The van der Waals surface area contributed by atoms with E-state index in [-0.39, 0.29) is 12.6 Å². The number of halogens is 1. The lowest BCUT2D eigenvalue weighted by molar-refractivity contribution is -0.136. The highest BCUT2D eigenvalue weighted by atomic mass is 35.5. The molecule has 6 nitrogen and oxygen atoms in total. The van der Waals surface area contributed by atoms with Gasteiger partial charge < -0.3 is 9.84 Å². The normalized spacial score (nSPS) is 19.4. The van der Waals surface area contributed by atoms with E-state index in [0.717, 1.165) is 19.3 Å². The van der Waals surface area contributed by atoms with Crippen LogP contribution in [-0.2, 0) is 16.0 Å². The van der Waals surface area contributed by atoms with E-state index in [1.54, 1.807) is 10.9 Å². The Morgan fingerprint density at radius 2 is 2.35 bits per heavy atom.